The fourth-order valence-corrected chi connectivity index (χ4v) is 1.44. The number of methoxy groups -OCH3 is 1. The second-order valence-corrected chi connectivity index (χ2v) is 3.49. The zero-order chi connectivity index (χ0) is 11.2. The Morgan fingerprint density at radius 1 is 1.31 bits per heavy atom. The molecule has 5 heteroatoms. The molecule has 2 heterocycles. The zero-order valence-electron chi connectivity index (χ0n) is 9.19. The maximum atomic E-state index is 5.53. The summed E-state index contributed by atoms with van der Waals surface area (Å²) in [6.07, 6.45) is 1.74. The van der Waals surface area contributed by atoms with E-state index in [0.29, 0.717) is 13.2 Å². The van der Waals surface area contributed by atoms with Gasteiger partial charge in [0.2, 0.25) is 0 Å². The third-order valence-electron chi connectivity index (χ3n) is 2.18. The minimum atomic E-state index is 0.514. The molecule has 86 valence electrons. The van der Waals surface area contributed by atoms with Gasteiger partial charge in [-0.2, -0.15) is 5.10 Å². The van der Waals surface area contributed by atoms with Crippen molar-refractivity contribution in [2.45, 2.75) is 19.7 Å². The number of ether oxygens (including phenoxy) is 1. The lowest BCUT2D eigenvalue weighted by atomic mass is 10.4. The summed E-state index contributed by atoms with van der Waals surface area (Å²) >= 11 is 0. The molecule has 0 aliphatic carbocycles. The van der Waals surface area contributed by atoms with Gasteiger partial charge >= 0.3 is 0 Å². The molecule has 0 radical (unpaired) electrons. The van der Waals surface area contributed by atoms with Crippen molar-refractivity contribution in [3.05, 3.63) is 41.6 Å². The molecule has 2 N–H and O–H groups in total. The second kappa shape index (κ2) is 5.48. The highest BCUT2D eigenvalue weighted by atomic mass is 16.5. The first kappa shape index (κ1) is 10.9. The quantitative estimate of drug-likeness (QED) is 0.774. The van der Waals surface area contributed by atoms with Crippen molar-refractivity contribution < 1.29 is 9.15 Å². The predicted octanol–water partition coefficient (Wildman–Crippen LogP) is 1.44. The highest BCUT2D eigenvalue weighted by molar-refractivity contribution is 5.06. The van der Waals surface area contributed by atoms with Gasteiger partial charge in [0.15, 0.2) is 0 Å². The third-order valence-corrected chi connectivity index (χ3v) is 2.18. The summed E-state index contributed by atoms with van der Waals surface area (Å²) in [6, 6.07) is 5.82. The van der Waals surface area contributed by atoms with Crippen LogP contribution < -0.4 is 5.32 Å². The Morgan fingerprint density at radius 2 is 2.19 bits per heavy atom. The molecule has 16 heavy (non-hydrogen) atoms. The predicted molar refractivity (Wildman–Crippen MR) is 58.6 cm³/mol. The maximum absolute atomic E-state index is 5.53. The minimum Gasteiger partial charge on any atom is -0.462 e. The maximum Gasteiger partial charge on any atom is 0.129 e. The minimum absolute atomic E-state index is 0.514. The number of nitrogens with zero attached hydrogens (tertiary/aromatic N) is 1. The molecular formula is C11H15N3O2. The molecular weight excluding hydrogens is 206 g/mol. The summed E-state index contributed by atoms with van der Waals surface area (Å²) in [5.41, 5.74) is 1.06. The zero-order valence-corrected chi connectivity index (χ0v) is 9.19. The number of H-pyrrole nitrogens is 1. The van der Waals surface area contributed by atoms with Crippen LogP contribution in [0.3, 0.4) is 0 Å². The van der Waals surface area contributed by atoms with Crippen LogP contribution in [0.25, 0.3) is 0 Å². The van der Waals surface area contributed by atoms with Crippen LogP contribution in [-0.4, -0.2) is 17.3 Å². The Kier molecular flexibility index (Phi) is 3.74. The fourth-order valence-electron chi connectivity index (χ4n) is 1.44. The lowest BCUT2D eigenvalue weighted by Crippen LogP contribution is -2.12. The third kappa shape index (κ3) is 2.95. The van der Waals surface area contributed by atoms with Gasteiger partial charge in [-0.3, -0.25) is 5.10 Å². The van der Waals surface area contributed by atoms with E-state index in [2.05, 4.69) is 15.5 Å². The lowest BCUT2D eigenvalue weighted by Gasteiger charge is -2.00. The van der Waals surface area contributed by atoms with Crippen LogP contribution >= 0.6 is 0 Å². The number of nitrogens with one attached hydrogen (secondary N) is 2. The van der Waals surface area contributed by atoms with Gasteiger partial charge in [0.1, 0.15) is 18.1 Å². The van der Waals surface area contributed by atoms with E-state index in [4.69, 9.17) is 9.15 Å². The molecule has 2 aromatic heterocycles. The molecule has 2 aromatic rings. The Hall–Kier alpha value is -1.59. The normalized spacial score (nSPS) is 10.8. The number of aromatic amines is 1. The van der Waals surface area contributed by atoms with E-state index in [0.717, 1.165) is 23.8 Å². The van der Waals surface area contributed by atoms with Gasteiger partial charge in [-0.15, -0.1) is 0 Å². The molecule has 0 aliphatic heterocycles. The van der Waals surface area contributed by atoms with E-state index < -0.39 is 0 Å². The Labute approximate surface area is 93.8 Å². The van der Waals surface area contributed by atoms with Gasteiger partial charge in [-0.25, -0.2) is 0 Å². The fraction of sp³-hybridized carbons (Fsp3) is 0.364. The van der Waals surface area contributed by atoms with E-state index in [1.54, 1.807) is 13.3 Å². The number of hydrogen-bond acceptors (Lipinski definition) is 4. The summed E-state index contributed by atoms with van der Waals surface area (Å²) in [6.45, 7) is 1.96. The first-order valence-electron chi connectivity index (χ1n) is 5.14. The first-order valence-corrected chi connectivity index (χ1v) is 5.14. The topological polar surface area (TPSA) is 63.1 Å². The van der Waals surface area contributed by atoms with Crippen LogP contribution in [0, 0.1) is 0 Å². The molecule has 0 spiro atoms. The number of hydrogen-bond donors (Lipinski definition) is 2. The van der Waals surface area contributed by atoms with Gasteiger partial charge in [0, 0.05) is 25.5 Å². The van der Waals surface area contributed by atoms with Crippen LogP contribution in [0.4, 0.5) is 0 Å². The van der Waals surface area contributed by atoms with E-state index in [-0.39, 0.29) is 0 Å². The van der Waals surface area contributed by atoms with Crippen molar-refractivity contribution in [2.24, 2.45) is 0 Å². The van der Waals surface area contributed by atoms with Crippen molar-refractivity contribution in [1.29, 1.82) is 0 Å². The van der Waals surface area contributed by atoms with Crippen LogP contribution in [0.5, 0.6) is 0 Å². The monoisotopic (exact) mass is 221 g/mol. The van der Waals surface area contributed by atoms with Gasteiger partial charge in [0.25, 0.3) is 0 Å². The smallest absolute Gasteiger partial charge is 0.129 e. The number of aromatic nitrogens is 2. The summed E-state index contributed by atoms with van der Waals surface area (Å²) in [4.78, 5) is 0. The van der Waals surface area contributed by atoms with Crippen molar-refractivity contribution in [3.63, 3.8) is 0 Å². The Bertz CT molecular complexity index is 409. The summed E-state index contributed by atoms with van der Waals surface area (Å²) in [5, 5.41) is 10.0. The Morgan fingerprint density at radius 3 is 2.94 bits per heavy atom. The van der Waals surface area contributed by atoms with Gasteiger partial charge in [-0.1, -0.05) is 0 Å². The summed E-state index contributed by atoms with van der Waals surface area (Å²) < 4.78 is 10.5. The van der Waals surface area contributed by atoms with E-state index in [9.17, 15) is 0 Å². The van der Waals surface area contributed by atoms with Crippen molar-refractivity contribution in [1.82, 2.24) is 15.5 Å². The molecule has 0 fully saturated rings. The highest BCUT2D eigenvalue weighted by Gasteiger charge is 2.01. The first-order chi connectivity index (χ1) is 7.88. The highest BCUT2D eigenvalue weighted by Crippen LogP contribution is 2.08. The molecule has 0 saturated heterocycles. The number of furan rings is 1. The standard InChI is InChI=1S/C11H15N3O2/c1-15-8-11-3-2-10(16-11)7-12-6-9-4-5-13-14-9/h2-5,12H,6-8H2,1H3,(H,13,14). The van der Waals surface area contributed by atoms with Gasteiger partial charge in [0.05, 0.1) is 6.54 Å². The second-order valence-electron chi connectivity index (χ2n) is 3.49. The molecule has 2 rings (SSSR count). The molecule has 0 aromatic carbocycles. The van der Waals surface area contributed by atoms with Crippen LogP contribution in [0.2, 0.25) is 0 Å². The number of rotatable bonds is 6. The Balaban J connectivity index is 1.76. The lowest BCUT2D eigenvalue weighted by molar-refractivity contribution is 0.162. The van der Waals surface area contributed by atoms with Crippen LogP contribution in [0.15, 0.2) is 28.8 Å². The van der Waals surface area contributed by atoms with Crippen LogP contribution in [-0.2, 0) is 24.4 Å². The summed E-state index contributed by atoms with van der Waals surface area (Å²) in [5.74, 6) is 1.76. The van der Waals surface area contributed by atoms with E-state index in [1.807, 2.05) is 18.2 Å². The average Bonchev–Trinajstić information content (AvgIpc) is 2.90. The molecule has 0 unspecified atom stereocenters. The molecule has 0 aliphatic rings. The van der Waals surface area contributed by atoms with E-state index >= 15 is 0 Å². The van der Waals surface area contributed by atoms with Gasteiger partial charge < -0.3 is 14.5 Å². The molecule has 5 nitrogen and oxygen atoms in total. The van der Waals surface area contributed by atoms with E-state index in [1.165, 1.54) is 0 Å². The molecule has 0 bridgehead atoms. The molecule has 0 amide bonds. The SMILES string of the molecule is COCc1ccc(CNCc2ccn[nH]2)o1. The van der Waals surface area contributed by atoms with Crippen molar-refractivity contribution >= 4 is 0 Å². The molecule has 0 saturated carbocycles. The van der Waals surface area contributed by atoms with Crippen molar-refractivity contribution in [2.75, 3.05) is 7.11 Å². The van der Waals surface area contributed by atoms with Crippen LogP contribution in [0.1, 0.15) is 17.2 Å². The van der Waals surface area contributed by atoms with Gasteiger partial charge in [-0.05, 0) is 18.2 Å². The van der Waals surface area contributed by atoms with Crippen molar-refractivity contribution in [3.8, 4) is 0 Å². The average molecular weight is 221 g/mol. The molecule has 0 atom stereocenters. The largest absolute Gasteiger partial charge is 0.462 e. The summed E-state index contributed by atoms with van der Waals surface area (Å²) in [7, 11) is 1.65.